The van der Waals surface area contributed by atoms with E-state index in [1.807, 2.05) is 0 Å². The Labute approximate surface area is 175 Å². The normalized spacial score (nSPS) is 13.9. The summed E-state index contributed by atoms with van der Waals surface area (Å²) >= 11 is 0. The summed E-state index contributed by atoms with van der Waals surface area (Å²) in [6.07, 6.45) is 0.225. The third kappa shape index (κ3) is 8.33. The smallest absolute Gasteiger partial charge is 0.480 e. The fourth-order valence-corrected chi connectivity index (χ4v) is 5.96. The highest BCUT2D eigenvalue weighted by molar-refractivity contribution is 6.62. The SMILES string of the molecule is CCC(C(C(=O)O)N(CCN(CC(=O)O)CC(=O)O)CC(=O)O)[Si](OC)(OC)OC. The summed E-state index contributed by atoms with van der Waals surface area (Å²) in [4.78, 5) is 47.7. The van der Waals surface area contributed by atoms with E-state index in [2.05, 4.69) is 0 Å². The highest BCUT2D eigenvalue weighted by atomic mass is 28.4. The van der Waals surface area contributed by atoms with E-state index in [-0.39, 0.29) is 19.5 Å². The van der Waals surface area contributed by atoms with Crippen molar-refractivity contribution >= 4 is 32.7 Å². The minimum absolute atomic E-state index is 0.187. The molecule has 4 N–H and O–H groups in total. The van der Waals surface area contributed by atoms with E-state index in [0.717, 1.165) is 9.80 Å². The van der Waals surface area contributed by atoms with E-state index in [9.17, 15) is 29.4 Å². The Bertz CT molecular complexity index is 575. The summed E-state index contributed by atoms with van der Waals surface area (Å²) in [6, 6.07) is -1.39. The summed E-state index contributed by atoms with van der Waals surface area (Å²) in [7, 11) is 0.416. The van der Waals surface area contributed by atoms with Gasteiger partial charge in [0, 0.05) is 34.4 Å². The first-order valence-corrected chi connectivity index (χ1v) is 10.8. The maximum Gasteiger partial charge on any atom is 0.505 e. The van der Waals surface area contributed by atoms with Gasteiger partial charge < -0.3 is 33.7 Å². The topological polar surface area (TPSA) is 183 Å². The van der Waals surface area contributed by atoms with Crippen molar-refractivity contribution in [3.63, 3.8) is 0 Å². The predicted octanol–water partition coefficient (Wildman–Crippen LogP) is -1.04. The van der Waals surface area contributed by atoms with E-state index in [1.54, 1.807) is 6.92 Å². The lowest BCUT2D eigenvalue weighted by molar-refractivity contribution is -0.149. The van der Waals surface area contributed by atoms with Gasteiger partial charge in [-0.1, -0.05) is 6.92 Å². The van der Waals surface area contributed by atoms with Gasteiger partial charge in [-0.05, 0) is 6.42 Å². The van der Waals surface area contributed by atoms with Crippen molar-refractivity contribution in [3.05, 3.63) is 0 Å². The van der Waals surface area contributed by atoms with Crippen molar-refractivity contribution in [3.8, 4) is 0 Å². The van der Waals surface area contributed by atoms with Gasteiger partial charge in [0.1, 0.15) is 6.04 Å². The number of carbonyl (C=O) groups is 4. The Morgan fingerprint density at radius 1 is 0.800 bits per heavy atom. The fourth-order valence-electron chi connectivity index (χ4n) is 3.31. The van der Waals surface area contributed by atoms with Crippen LogP contribution in [0.5, 0.6) is 0 Å². The molecule has 0 fully saturated rings. The van der Waals surface area contributed by atoms with E-state index in [0.29, 0.717) is 0 Å². The number of hydrogen-bond acceptors (Lipinski definition) is 9. The van der Waals surface area contributed by atoms with Gasteiger partial charge in [0.15, 0.2) is 0 Å². The molecule has 2 unspecified atom stereocenters. The Morgan fingerprint density at radius 3 is 1.53 bits per heavy atom. The first kappa shape index (κ1) is 27.9. The second kappa shape index (κ2) is 13.3. The van der Waals surface area contributed by atoms with Crippen LogP contribution >= 0.6 is 0 Å². The summed E-state index contributed by atoms with van der Waals surface area (Å²) in [5.74, 6) is -5.19. The monoisotopic (exact) mass is 454 g/mol. The average Bonchev–Trinajstić information content (AvgIpc) is 2.64. The second-order valence-electron chi connectivity index (χ2n) is 6.38. The van der Waals surface area contributed by atoms with Crippen molar-refractivity contribution < 1.29 is 52.9 Å². The van der Waals surface area contributed by atoms with Gasteiger partial charge >= 0.3 is 32.7 Å². The molecule has 0 aliphatic carbocycles. The third-order valence-electron chi connectivity index (χ3n) is 4.53. The van der Waals surface area contributed by atoms with Crippen LogP contribution in [0.2, 0.25) is 5.54 Å². The summed E-state index contributed by atoms with van der Waals surface area (Å²) in [5, 5.41) is 37.1. The lowest BCUT2D eigenvalue weighted by Gasteiger charge is -2.39. The second-order valence-corrected chi connectivity index (χ2v) is 9.55. The van der Waals surface area contributed by atoms with Gasteiger partial charge in [0.2, 0.25) is 0 Å². The molecule has 174 valence electrons. The van der Waals surface area contributed by atoms with E-state index in [1.165, 1.54) is 21.3 Å². The van der Waals surface area contributed by atoms with Crippen LogP contribution in [0.3, 0.4) is 0 Å². The molecule has 0 saturated carbocycles. The molecule has 0 radical (unpaired) electrons. The predicted molar refractivity (Wildman–Crippen MR) is 103 cm³/mol. The van der Waals surface area contributed by atoms with Crippen molar-refractivity contribution in [1.29, 1.82) is 0 Å². The lowest BCUT2D eigenvalue weighted by Crippen LogP contribution is -2.59. The maximum absolute atomic E-state index is 12.1. The molecule has 13 nitrogen and oxygen atoms in total. The molecule has 0 rings (SSSR count). The molecule has 0 amide bonds. The van der Waals surface area contributed by atoms with E-state index < -0.39 is 63.9 Å². The van der Waals surface area contributed by atoms with Gasteiger partial charge in [0.05, 0.1) is 25.2 Å². The molecule has 0 heterocycles. The first-order chi connectivity index (χ1) is 14.0. The molecule has 0 aromatic carbocycles. The number of nitrogens with zero attached hydrogens (tertiary/aromatic N) is 2. The molecule has 0 saturated heterocycles. The maximum atomic E-state index is 12.1. The minimum atomic E-state index is -3.51. The zero-order valence-corrected chi connectivity index (χ0v) is 18.4. The van der Waals surface area contributed by atoms with Gasteiger partial charge in [-0.3, -0.25) is 29.0 Å². The van der Waals surface area contributed by atoms with Crippen LogP contribution in [-0.4, -0.2) is 123 Å². The number of rotatable bonds is 17. The first-order valence-electron chi connectivity index (χ1n) is 8.97. The molecule has 0 aliphatic heterocycles. The van der Waals surface area contributed by atoms with Crippen LogP contribution in [0.15, 0.2) is 0 Å². The number of hydrogen-bond donors (Lipinski definition) is 4. The molecular weight excluding hydrogens is 424 g/mol. The fraction of sp³-hybridized carbons (Fsp3) is 0.750. The summed E-state index contributed by atoms with van der Waals surface area (Å²) in [5.41, 5.74) is -0.846. The van der Waals surface area contributed by atoms with Crippen LogP contribution in [-0.2, 0) is 32.5 Å². The highest BCUT2D eigenvalue weighted by Crippen LogP contribution is 2.34. The Hall–Kier alpha value is -2.10. The van der Waals surface area contributed by atoms with Gasteiger partial charge in [0.25, 0.3) is 0 Å². The lowest BCUT2D eigenvalue weighted by atomic mass is 10.1. The van der Waals surface area contributed by atoms with Crippen molar-refractivity contribution in [2.75, 3.05) is 54.1 Å². The molecule has 0 spiro atoms. The average molecular weight is 455 g/mol. The van der Waals surface area contributed by atoms with Gasteiger partial charge in [-0.2, -0.15) is 0 Å². The number of aliphatic carboxylic acids is 4. The highest BCUT2D eigenvalue weighted by Gasteiger charge is 2.54. The zero-order valence-electron chi connectivity index (χ0n) is 17.4. The zero-order chi connectivity index (χ0) is 23.5. The Balaban J connectivity index is 5.93. The van der Waals surface area contributed by atoms with Crippen LogP contribution in [0.25, 0.3) is 0 Å². The summed E-state index contributed by atoms with van der Waals surface area (Å²) in [6.45, 7) is -0.609. The van der Waals surface area contributed by atoms with Gasteiger partial charge in [-0.15, -0.1) is 0 Å². The van der Waals surface area contributed by atoms with Crippen LogP contribution in [0.4, 0.5) is 0 Å². The molecule has 30 heavy (non-hydrogen) atoms. The summed E-state index contributed by atoms with van der Waals surface area (Å²) < 4.78 is 16.2. The molecule has 2 atom stereocenters. The minimum Gasteiger partial charge on any atom is -0.480 e. The van der Waals surface area contributed by atoms with Crippen molar-refractivity contribution in [2.24, 2.45) is 0 Å². The Kier molecular flexibility index (Phi) is 12.3. The van der Waals surface area contributed by atoms with Crippen LogP contribution < -0.4 is 0 Å². The number of carboxylic acids is 4. The quantitative estimate of drug-likeness (QED) is 0.196. The van der Waals surface area contributed by atoms with E-state index in [4.69, 9.17) is 23.5 Å². The molecular formula is C16H30N2O11Si. The standard InChI is InChI=1S/C16H30N2O11Si/c1-5-11(30(27-2,28-3)29-4)15(16(25)26)18(10-14(23)24)7-6-17(8-12(19)20)9-13(21)22/h11,15H,5-10H2,1-4H3,(H,19,20)(H,21,22)(H,23,24)(H,25,26). The number of carboxylic acid groups (broad SMARTS) is 4. The molecule has 0 aromatic heterocycles. The molecule has 14 heteroatoms. The van der Waals surface area contributed by atoms with Crippen molar-refractivity contribution in [2.45, 2.75) is 24.9 Å². The van der Waals surface area contributed by atoms with Crippen molar-refractivity contribution in [1.82, 2.24) is 9.80 Å². The largest absolute Gasteiger partial charge is 0.505 e. The van der Waals surface area contributed by atoms with Gasteiger partial charge in [-0.25, -0.2) is 0 Å². The third-order valence-corrected chi connectivity index (χ3v) is 7.87. The van der Waals surface area contributed by atoms with E-state index >= 15 is 0 Å². The molecule has 0 bridgehead atoms. The molecule has 0 aliphatic rings. The van der Waals surface area contributed by atoms with Crippen LogP contribution in [0.1, 0.15) is 13.3 Å². The van der Waals surface area contributed by atoms with Crippen LogP contribution in [0, 0.1) is 0 Å². The Morgan fingerprint density at radius 2 is 1.23 bits per heavy atom. The molecule has 0 aromatic rings.